The van der Waals surface area contributed by atoms with Crippen LogP contribution in [0.1, 0.15) is 19.8 Å². The fraction of sp³-hybridized carbons (Fsp3) is 0.500. The average Bonchev–Trinajstić information content (AvgIpc) is 2.35. The molecule has 20 heavy (non-hydrogen) atoms. The van der Waals surface area contributed by atoms with Gasteiger partial charge in [-0.05, 0) is 44.5 Å². The molecule has 0 amide bonds. The van der Waals surface area contributed by atoms with Gasteiger partial charge in [-0.2, -0.15) is 0 Å². The van der Waals surface area contributed by atoms with Gasteiger partial charge < -0.3 is 5.32 Å². The summed E-state index contributed by atoms with van der Waals surface area (Å²) in [7, 11) is -3.81. The minimum Gasteiger partial charge on any atom is -0.313 e. The van der Waals surface area contributed by atoms with Gasteiger partial charge in [-0.25, -0.2) is 17.5 Å². The molecule has 0 radical (unpaired) electrons. The van der Waals surface area contributed by atoms with Gasteiger partial charge in [0.2, 0.25) is 10.0 Å². The Bertz CT molecular complexity index is 569. The molecule has 2 unspecified atom stereocenters. The summed E-state index contributed by atoms with van der Waals surface area (Å²) in [5.74, 6) is -0.625. The quantitative estimate of drug-likeness (QED) is 0.886. The Morgan fingerprint density at radius 3 is 2.80 bits per heavy atom. The molecule has 114 valence electrons. The molecule has 2 rings (SSSR count). The lowest BCUT2D eigenvalue weighted by atomic mass is 10.0. The van der Waals surface area contributed by atoms with Crippen LogP contribution in [0, 0.1) is 5.82 Å². The fourth-order valence-electron chi connectivity index (χ4n) is 2.15. The van der Waals surface area contributed by atoms with E-state index in [0.717, 1.165) is 31.5 Å². The van der Waals surface area contributed by atoms with E-state index >= 15 is 0 Å². The van der Waals surface area contributed by atoms with Gasteiger partial charge in [0.1, 0.15) is 10.7 Å². The summed E-state index contributed by atoms with van der Waals surface area (Å²) in [4.78, 5) is -0.216. The molecule has 1 fully saturated rings. The number of nitrogens with one attached hydrogen (secondary N) is 2. The van der Waals surface area contributed by atoms with Crippen molar-refractivity contribution in [3.05, 3.63) is 29.0 Å². The van der Waals surface area contributed by atoms with Crippen LogP contribution in [-0.2, 0) is 10.0 Å². The molecule has 0 bridgehead atoms. The van der Waals surface area contributed by atoms with Gasteiger partial charge in [0, 0.05) is 12.1 Å². The first-order chi connectivity index (χ1) is 8.90. The molecule has 2 N–H and O–H groups in total. The van der Waals surface area contributed by atoms with Crippen molar-refractivity contribution in [1.82, 2.24) is 10.0 Å². The molecule has 0 aliphatic carbocycles. The van der Waals surface area contributed by atoms with Gasteiger partial charge in [-0.1, -0.05) is 11.6 Å². The van der Waals surface area contributed by atoms with Crippen LogP contribution in [0.2, 0.25) is 5.02 Å². The van der Waals surface area contributed by atoms with Crippen LogP contribution in [0.4, 0.5) is 4.39 Å². The van der Waals surface area contributed by atoms with Crippen molar-refractivity contribution in [2.75, 3.05) is 6.54 Å². The Morgan fingerprint density at radius 1 is 1.45 bits per heavy atom. The standard InChI is InChI=1S/C12H16ClFN2O2S.ClH/c1-8-11(3-2-6-15-8)16-19(17,18)12-7-9(14)4-5-10(12)13;/h4-5,7-8,11,15-16H,2-3,6H2,1H3;1H. The maximum absolute atomic E-state index is 13.2. The van der Waals surface area contributed by atoms with Gasteiger partial charge in [0.05, 0.1) is 5.02 Å². The molecular formula is C12H17Cl2FN2O2S. The summed E-state index contributed by atoms with van der Waals surface area (Å²) in [6.45, 7) is 2.79. The van der Waals surface area contributed by atoms with Gasteiger partial charge in [0.25, 0.3) is 0 Å². The molecule has 4 nitrogen and oxygen atoms in total. The first-order valence-electron chi connectivity index (χ1n) is 6.11. The number of hydrogen-bond donors (Lipinski definition) is 2. The molecule has 2 atom stereocenters. The summed E-state index contributed by atoms with van der Waals surface area (Å²) in [5.41, 5.74) is 0. The predicted molar refractivity (Wildman–Crippen MR) is 79.5 cm³/mol. The lowest BCUT2D eigenvalue weighted by Crippen LogP contribution is -2.51. The Balaban J connectivity index is 0.00000200. The number of halogens is 3. The number of benzene rings is 1. The van der Waals surface area contributed by atoms with Gasteiger partial charge in [-0.3, -0.25) is 0 Å². The molecular weight excluding hydrogens is 326 g/mol. The number of sulfonamides is 1. The van der Waals surface area contributed by atoms with E-state index in [9.17, 15) is 12.8 Å². The minimum absolute atomic E-state index is 0. The van der Waals surface area contributed by atoms with E-state index in [0.29, 0.717) is 0 Å². The molecule has 1 heterocycles. The van der Waals surface area contributed by atoms with Crippen LogP contribution in [0.25, 0.3) is 0 Å². The lowest BCUT2D eigenvalue weighted by molar-refractivity contribution is 0.349. The van der Waals surface area contributed by atoms with Crippen LogP contribution in [-0.4, -0.2) is 27.0 Å². The van der Waals surface area contributed by atoms with Crippen molar-refractivity contribution in [3.63, 3.8) is 0 Å². The average molecular weight is 343 g/mol. The van der Waals surface area contributed by atoms with E-state index in [1.165, 1.54) is 6.07 Å². The van der Waals surface area contributed by atoms with Crippen molar-refractivity contribution in [3.8, 4) is 0 Å². The highest BCUT2D eigenvalue weighted by atomic mass is 35.5. The van der Waals surface area contributed by atoms with E-state index in [1.807, 2.05) is 6.92 Å². The van der Waals surface area contributed by atoms with Crippen molar-refractivity contribution in [2.45, 2.75) is 36.7 Å². The molecule has 8 heteroatoms. The fourth-order valence-corrected chi connectivity index (χ4v) is 4.01. The van der Waals surface area contributed by atoms with E-state index in [4.69, 9.17) is 11.6 Å². The Labute approximate surface area is 129 Å². The zero-order valence-corrected chi connectivity index (χ0v) is 13.3. The zero-order chi connectivity index (χ0) is 14.0. The maximum atomic E-state index is 13.2. The normalized spacial score (nSPS) is 23.1. The summed E-state index contributed by atoms with van der Waals surface area (Å²) < 4.78 is 40.2. The van der Waals surface area contributed by atoms with Gasteiger partial charge in [-0.15, -0.1) is 12.4 Å². The second-order valence-electron chi connectivity index (χ2n) is 4.69. The Morgan fingerprint density at radius 2 is 2.15 bits per heavy atom. The summed E-state index contributed by atoms with van der Waals surface area (Å²) >= 11 is 5.83. The van der Waals surface area contributed by atoms with E-state index in [1.54, 1.807) is 0 Å². The van der Waals surface area contributed by atoms with Crippen molar-refractivity contribution >= 4 is 34.0 Å². The van der Waals surface area contributed by atoms with Crippen LogP contribution in [0.3, 0.4) is 0 Å². The third-order valence-corrected chi connectivity index (χ3v) is 5.22. The second kappa shape index (κ2) is 7.04. The summed E-state index contributed by atoms with van der Waals surface area (Å²) in [5, 5.41) is 3.22. The largest absolute Gasteiger partial charge is 0.313 e. The first kappa shape index (κ1) is 17.7. The highest BCUT2D eigenvalue weighted by Crippen LogP contribution is 2.23. The Kier molecular flexibility index (Phi) is 6.22. The monoisotopic (exact) mass is 342 g/mol. The Hall–Kier alpha value is -0.400. The number of hydrogen-bond acceptors (Lipinski definition) is 3. The summed E-state index contributed by atoms with van der Waals surface area (Å²) in [6, 6.07) is 3.14. The second-order valence-corrected chi connectivity index (χ2v) is 6.78. The molecule has 1 aromatic carbocycles. The smallest absolute Gasteiger partial charge is 0.242 e. The third kappa shape index (κ3) is 4.05. The van der Waals surface area contributed by atoms with Gasteiger partial charge >= 0.3 is 0 Å². The summed E-state index contributed by atoms with van der Waals surface area (Å²) in [6.07, 6.45) is 1.65. The molecule has 1 aromatic rings. The molecule has 0 saturated carbocycles. The third-order valence-electron chi connectivity index (χ3n) is 3.25. The number of piperidine rings is 1. The van der Waals surface area contributed by atoms with Crippen molar-refractivity contribution in [1.29, 1.82) is 0 Å². The lowest BCUT2D eigenvalue weighted by Gasteiger charge is -2.30. The van der Waals surface area contributed by atoms with E-state index in [-0.39, 0.29) is 34.4 Å². The van der Waals surface area contributed by atoms with E-state index in [2.05, 4.69) is 10.0 Å². The van der Waals surface area contributed by atoms with Crippen LogP contribution in [0.5, 0.6) is 0 Å². The van der Waals surface area contributed by atoms with Gasteiger partial charge in [0.15, 0.2) is 0 Å². The molecule has 1 aliphatic rings. The first-order valence-corrected chi connectivity index (χ1v) is 7.97. The highest BCUT2D eigenvalue weighted by Gasteiger charge is 2.27. The van der Waals surface area contributed by atoms with Crippen LogP contribution in [0.15, 0.2) is 23.1 Å². The van der Waals surface area contributed by atoms with Crippen molar-refractivity contribution < 1.29 is 12.8 Å². The highest BCUT2D eigenvalue weighted by molar-refractivity contribution is 7.89. The van der Waals surface area contributed by atoms with E-state index < -0.39 is 15.8 Å². The topological polar surface area (TPSA) is 58.2 Å². The number of rotatable bonds is 3. The maximum Gasteiger partial charge on any atom is 0.242 e. The molecule has 1 saturated heterocycles. The van der Waals surface area contributed by atoms with Crippen molar-refractivity contribution in [2.24, 2.45) is 0 Å². The molecule has 0 aromatic heterocycles. The molecule has 1 aliphatic heterocycles. The zero-order valence-electron chi connectivity index (χ0n) is 10.9. The van der Waals surface area contributed by atoms with Crippen LogP contribution >= 0.6 is 24.0 Å². The predicted octanol–water partition coefficient (Wildman–Crippen LogP) is 2.32. The SMILES string of the molecule is CC1NCCCC1NS(=O)(=O)c1cc(F)ccc1Cl.Cl. The molecule has 0 spiro atoms. The van der Waals surface area contributed by atoms with Crippen LogP contribution < -0.4 is 10.0 Å². The minimum atomic E-state index is -3.81.